The Hall–Kier alpha value is -3.22. The number of carbonyl (C=O) groups is 2. The molecule has 0 spiro atoms. The van der Waals surface area contributed by atoms with Gasteiger partial charge in [-0.1, -0.05) is 31.5 Å². The molecule has 0 aliphatic carbocycles. The minimum Gasteiger partial charge on any atom is -0.351 e. The number of nitrogens with one attached hydrogen (secondary N) is 2. The predicted octanol–water partition coefficient (Wildman–Crippen LogP) is 2.98. The molecular weight excluding hydrogens is 359 g/mol. The molecule has 0 saturated heterocycles. The van der Waals surface area contributed by atoms with Gasteiger partial charge in [0.05, 0.1) is 5.52 Å². The molecule has 0 bridgehead atoms. The number of halogens is 1. The highest BCUT2D eigenvalue weighted by atomic mass is 19.1. The van der Waals surface area contributed by atoms with E-state index in [9.17, 15) is 14.0 Å². The maximum absolute atomic E-state index is 13.0. The van der Waals surface area contributed by atoms with E-state index in [0.717, 1.165) is 18.4 Å². The van der Waals surface area contributed by atoms with Gasteiger partial charge < -0.3 is 10.6 Å². The molecule has 2 aromatic heterocycles. The average Bonchev–Trinajstić information content (AvgIpc) is 3.09. The molecule has 2 amide bonds. The first-order chi connectivity index (χ1) is 13.6. The predicted molar refractivity (Wildman–Crippen MR) is 105 cm³/mol. The second kappa shape index (κ2) is 9.12. The molecule has 1 aromatic carbocycles. The molecule has 0 atom stereocenters. The standard InChI is InChI=1S/C21H23FN4O2/c1-2-3-12-23-20(27)18-17-6-4-5-14-26(17)19(25-18)21(28)24-13-11-15-7-9-16(22)10-8-15/h4-10,14H,2-3,11-13H2,1H3,(H,23,27)(H,24,28). The van der Waals surface area contributed by atoms with Crippen molar-refractivity contribution >= 4 is 17.3 Å². The summed E-state index contributed by atoms with van der Waals surface area (Å²) in [6.07, 6.45) is 4.14. The molecule has 7 heteroatoms. The first kappa shape index (κ1) is 19.5. The molecular formula is C21H23FN4O2. The van der Waals surface area contributed by atoms with Gasteiger partial charge in [-0.3, -0.25) is 14.0 Å². The van der Waals surface area contributed by atoms with Crippen molar-refractivity contribution in [3.05, 3.63) is 71.6 Å². The Morgan fingerprint density at radius 3 is 2.54 bits per heavy atom. The van der Waals surface area contributed by atoms with E-state index >= 15 is 0 Å². The Labute approximate surface area is 162 Å². The number of rotatable bonds is 8. The summed E-state index contributed by atoms with van der Waals surface area (Å²) in [4.78, 5) is 29.4. The van der Waals surface area contributed by atoms with E-state index in [-0.39, 0.29) is 29.1 Å². The Morgan fingerprint density at radius 1 is 1.04 bits per heavy atom. The summed E-state index contributed by atoms with van der Waals surface area (Å²) in [6.45, 7) is 3.00. The first-order valence-corrected chi connectivity index (χ1v) is 9.38. The molecule has 0 saturated carbocycles. The number of hydrogen-bond donors (Lipinski definition) is 2. The number of unbranched alkanes of at least 4 members (excludes halogenated alkanes) is 1. The van der Waals surface area contributed by atoms with Crippen molar-refractivity contribution in [3.8, 4) is 0 Å². The van der Waals surface area contributed by atoms with Crippen LogP contribution in [-0.2, 0) is 6.42 Å². The number of hydrogen-bond acceptors (Lipinski definition) is 3. The summed E-state index contributed by atoms with van der Waals surface area (Å²) in [5.41, 5.74) is 1.74. The molecule has 2 heterocycles. The topological polar surface area (TPSA) is 75.5 Å². The number of amides is 2. The van der Waals surface area contributed by atoms with Gasteiger partial charge in [-0.15, -0.1) is 0 Å². The largest absolute Gasteiger partial charge is 0.351 e. The minimum absolute atomic E-state index is 0.162. The van der Waals surface area contributed by atoms with Crippen LogP contribution >= 0.6 is 0 Å². The summed E-state index contributed by atoms with van der Waals surface area (Å²) in [7, 11) is 0. The molecule has 2 N–H and O–H groups in total. The molecule has 0 fully saturated rings. The summed E-state index contributed by atoms with van der Waals surface area (Å²) in [5.74, 6) is -0.782. The number of nitrogens with zero attached hydrogens (tertiary/aromatic N) is 2. The van der Waals surface area contributed by atoms with E-state index in [4.69, 9.17) is 0 Å². The summed E-state index contributed by atoms with van der Waals surface area (Å²) >= 11 is 0. The van der Waals surface area contributed by atoms with Crippen LogP contribution in [0.2, 0.25) is 0 Å². The number of pyridine rings is 1. The number of carbonyl (C=O) groups excluding carboxylic acids is 2. The van der Waals surface area contributed by atoms with Crippen molar-refractivity contribution in [2.45, 2.75) is 26.2 Å². The highest BCUT2D eigenvalue weighted by molar-refractivity contribution is 6.02. The van der Waals surface area contributed by atoms with Gasteiger partial charge >= 0.3 is 0 Å². The van der Waals surface area contributed by atoms with E-state index < -0.39 is 0 Å². The van der Waals surface area contributed by atoms with Crippen LogP contribution in [0.1, 0.15) is 46.4 Å². The molecule has 3 rings (SSSR count). The van der Waals surface area contributed by atoms with Gasteiger partial charge in [0.25, 0.3) is 11.8 Å². The SMILES string of the molecule is CCCCNC(=O)c1nc(C(=O)NCCc2ccc(F)cc2)n2ccccc12. The Bertz CT molecular complexity index is 966. The summed E-state index contributed by atoms with van der Waals surface area (Å²) in [5, 5.41) is 5.65. The zero-order valence-corrected chi connectivity index (χ0v) is 15.7. The normalized spacial score (nSPS) is 10.8. The zero-order chi connectivity index (χ0) is 19.9. The van der Waals surface area contributed by atoms with E-state index in [1.165, 1.54) is 12.1 Å². The van der Waals surface area contributed by atoms with Crippen molar-refractivity contribution in [1.82, 2.24) is 20.0 Å². The van der Waals surface area contributed by atoms with Gasteiger partial charge in [0.1, 0.15) is 5.82 Å². The molecule has 3 aromatic rings. The van der Waals surface area contributed by atoms with Crippen LogP contribution in [0.4, 0.5) is 4.39 Å². The number of imidazole rings is 1. The van der Waals surface area contributed by atoms with Crippen LogP contribution < -0.4 is 10.6 Å². The molecule has 28 heavy (non-hydrogen) atoms. The van der Waals surface area contributed by atoms with Gasteiger partial charge in [-0.25, -0.2) is 9.37 Å². The van der Waals surface area contributed by atoms with Gasteiger partial charge in [0.2, 0.25) is 5.82 Å². The van der Waals surface area contributed by atoms with Crippen LogP contribution in [0, 0.1) is 5.82 Å². The summed E-state index contributed by atoms with van der Waals surface area (Å²) in [6, 6.07) is 11.5. The average molecular weight is 382 g/mol. The van der Waals surface area contributed by atoms with E-state index in [0.29, 0.717) is 25.0 Å². The third-order valence-corrected chi connectivity index (χ3v) is 4.39. The lowest BCUT2D eigenvalue weighted by atomic mass is 10.1. The molecule has 0 radical (unpaired) electrons. The van der Waals surface area contributed by atoms with Crippen molar-refractivity contribution in [2.24, 2.45) is 0 Å². The van der Waals surface area contributed by atoms with Crippen molar-refractivity contribution in [3.63, 3.8) is 0 Å². The van der Waals surface area contributed by atoms with Crippen LogP contribution in [-0.4, -0.2) is 34.3 Å². The van der Waals surface area contributed by atoms with Crippen molar-refractivity contribution in [2.75, 3.05) is 13.1 Å². The lowest BCUT2D eigenvalue weighted by Gasteiger charge is -2.05. The highest BCUT2D eigenvalue weighted by Crippen LogP contribution is 2.13. The van der Waals surface area contributed by atoms with E-state index in [1.807, 2.05) is 6.92 Å². The number of benzene rings is 1. The van der Waals surface area contributed by atoms with Crippen LogP contribution in [0.3, 0.4) is 0 Å². The van der Waals surface area contributed by atoms with Gasteiger partial charge in [0, 0.05) is 19.3 Å². The van der Waals surface area contributed by atoms with Gasteiger partial charge in [-0.2, -0.15) is 0 Å². The lowest BCUT2D eigenvalue weighted by Crippen LogP contribution is -2.28. The smallest absolute Gasteiger partial charge is 0.287 e. The van der Waals surface area contributed by atoms with Crippen LogP contribution in [0.25, 0.3) is 5.52 Å². The Kier molecular flexibility index (Phi) is 6.37. The van der Waals surface area contributed by atoms with Crippen LogP contribution in [0.15, 0.2) is 48.7 Å². The quantitative estimate of drug-likeness (QED) is 0.588. The Balaban J connectivity index is 1.71. The number of aromatic nitrogens is 2. The van der Waals surface area contributed by atoms with Gasteiger partial charge in [-0.05, 0) is 42.7 Å². The third-order valence-electron chi connectivity index (χ3n) is 4.39. The van der Waals surface area contributed by atoms with E-state index in [2.05, 4.69) is 15.6 Å². The minimum atomic E-state index is -0.365. The number of fused-ring (bicyclic) bond motifs is 1. The highest BCUT2D eigenvalue weighted by Gasteiger charge is 2.20. The maximum Gasteiger partial charge on any atom is 0.287 e. The fraction of sp³-hybridized carbons (Fsp3) is 0.286. The van der Waals surface area contributed by atoms with E-state index in [1.54, 1.807) is 40.9 Å². The third kappa shape index (κ3) is 4.54. The molecule has 0 unspecified atom stereocenters. The molecule has 6 nitrogen and oxygen atoms in total. The maximum atomic E-state index is 13.0. The lowest BCUT2D eigenvalue weighted by molar-refractivity contribution is 0.0943. The molecule has 146 valence electrons. The van der Waals surface area contributed by atoms with Crippen molar-refractivity contribution in [1.29, 1.82) is 0 Å². The summed E-state index contributed by atoms with van der Waals surface area (Å²) < 4.78 is 14.6. The van der Waals surface area contributed by atoms with Crippen LogP contribution in [0.5, 0.6) is 0 Å². The zero-order valence-electron chi connectivity index (χ0n) is 15.7. The van der Waals surface area contributed by atoms with Crippen molar-refractivity contribution < 1.29 is 14.0 Å². The second-order valence-electron chi connectivity index (χ2n) is 6.48. The molecule has 0 aliphatic rings. The molecule has 0 aliphatic heterocycles. The first-order valence-electron chi connectivity index (χ1n) is 9.38. The fourth-order valence-electron chi connectivity index (χ4n) is 2.88. The second-order valence-corrected chi connectivity index (χ2v) is 6.48. The van der Waals surface area contributed by atoms with Gasteiger partial charge in [0.15, 0.2) is 5.69 Å². The monoisotopic (exact) mass is 382 g/mol. The fourth-order valence-corrected chi connectivity index (χ4v) is 2.88. The Morgan fingerprint density at radius 2 is 1.79 bits per heavy atom.